The van der Waals surface area contributed by atoms with Crippen LogP contribution in [0.4, 0.5) is 0 Å². The summed E-state index contributed by atoms with van der Waals surface area (Å²) in [7, 11) is 0. The van der Waals surface area contributed by atoms with Crippen LogP contribution in [0.3, 0.4) is 0 Å². The van der Waals surface area contributed by atoms with Crippen LogP contribution in [0.2, 0.25) is 5.02 Å². The van der Waals surface area contributed by atoms with Crippen LogP contribution in [-0.2, 0) is 6.54 Å². The van der Waals surface area contributed by atoms with Crippen molar-refractivity contribution in [3.8, 4) is 0 Å². The fourth-order valence-electron chi connectivity index (χ4n) is 2.24. The van der Waals surface area contributed by atoms with E-state index in [0.717, 1.165) is 31.1 Å². The Hall–Kier alpha value is -0.700. The Kier molecular flexibility index (Phi) is 4.93. The van der Waals surface area contributed by atoms with Gasteiger partial charge < -0.3 is 0 Å². The molecule has 1 heterocycles. The van der Waals surface area contributed by atoms with Crippen LogP contribution in [0.15, 0.2) is 47.4 Å². The van der Waals surface area contributed by atoms with Gasteiger partial charge in [-0.1, -0.05) is 42.5 Å². The second kappa shape index (κ2) is 6.46. The zero-order valence-electron chi connectivity index (χ0n) is 10.7. The van der Waals surface area contributed by atoms with Gasteiger partial charge in [-0.25, -0.2) is 0 Å². The van der Waals surface area contributed by atoms with Crippen molar-refractivity contribution >= 4 is 23.4 Å². The van der Waals surface area contributed by atoms with E-state index in [1.54, 1.807) is 0 Å². The Balaban J connectivity index is 2.08. The van der Waals surface area contributed by atoms with Crippen molar-refractivity contribution in [2.24, 2.45) is 0 Å². The van der Waals surface area contributed by atoms with E-state index in [2.05, 4.69) is 23.8 Å². The van der Waals surface area contributed by atoms with Gasteiger partial charge in [-0.2, -0.15) is 0 Å². The van der Waals surface area contributed by atoms with E-state index in [1.165, 1.54) is 16.0 Å². The van der Waals surface area contributed by atoms with E-state index in [4.69, 9.17) is 11.6 Å². The minimum atomic E-state index is 0.859. The molecule has 0 radical (unpaired) electrons. The van der Waals surface area contributed by atoms with Gasteiger partial charge in [0, 0.05) is 24.7 Å². The maximum absolute atomic E-state index is 6.21. The number of thioether (sulfide) groups is 1. The summed E-state index contributed by atoms with van der Waals surface area (Å²) in [6.07, 6.45) is 5.25. The van der Waals surface area contributed by atoms with E-state index in [1.807, 2.05) is 36.0 Å². The first kappa shape index (κ1) is 13.7. The summed E-state index contributed by atoms with van der Waals surface area (Å²) in [4.78, 5) is 3.90. The molecule has 1 aliphatic rings. The van der Waals surface area contributed by atoms with E-state index >= 15 is 0 Å². The molecule has 0 spiro atoms. The normalized spacial score (nSPS) is 17.0. The zero-order valence-corrected chi connectivity index (χ0v) is 12.2. The quantitative estimate of drug-likeness (QED) is 0.806. The molecule has 0 atom stereocenters. The molecule has 0 saturated heterocycles. The number of nitrogens with zero attached hydrogens (tertiary/aromatic N) is 1. The lowest BCUT2D eigenvalue weighted by Gasteiger charge is -2.29. The van der Waals surface area contributed by atoms with Crippen molar-refractivity contribution in [1.82, 2.24) is 4.90 Å². The fourth-order valence-corrected chi connectivity index (χ4v) is 3.14. The van der Waals surface area contributed by atoms with E-state index < -0.39 is 0 Å². The van der Waals surface area contributed by atoms with E-state index in [9.17, 15) is 0 Å². The van der Waals surface area contributed by atoms with Gasteiger partial charge in [0.15, 0.2) is 0 Å². The lowest BCUT2D eigenvalue weighted by atomic mass is 10.1. The molecule has 1 nitrogen and oxygen atoms in total. The molecular weight excluding hydrogens is 262 g/mol. The van der Waals surface area contributed by atoms with Gasteiger partial charge in [0.2, 0.25) is 0 Å². The minimum Gasteiger partial charge on any atom is -0.294 e. The fraction of sp³-hybridized carbons (Fsp3) is 0.333. The lowest BCUT2D eigenvalue weighted by Crippen LogP contribution is -2.30. The van der Waals surface area contributed by atoms with Gasteiger partial charge in [0.1, 0.15) is 0 Å². The highest BCUT2D eigenvalue weighted by molar-refractivity contribution is 8.02. The monoisotopic (exact) mass is 279 g/mol. The molecule has 2 rings (SSSR count). The third-order valence-corrected chi connectivity index (χ3v) is 4.58. The molecule has 1 aromatic rings. The van der Waals surface area contributed by atoms with Gasteiger partial charge in [0.25, 0.3) is 0 Å². The first-order valence-electron chi connectivity index (χ1n) is 6.08. The summed E-state index contributed by atoms with van der Waals surface area (Å²) in [5.74, 6) is 0. The maximum atomic E-state index is 6.21. The predicted octanol–water partition coefficient (Wildman–Crippen LogP) is 4.35. The second-order valence-corrected chi connectivity index (χ2v) is 5.72. The van der Waals surface area contributed by atoms with Crippen molar-refractivity contribution in [1.29, 1.82) is 0 Å². The second-order valence-electron chi connectivity index (χ2n) is 4.41. The van der Waals surface area contributed by atoms with Crippen LogP contribution < -0.4 is 0 Å². The SMILES string of the molecule is C=CC1=C(SC)CCN(Cc2ccccc2Cl)C1. The highest BCUT2D eigenvalue weighted by atomic mass is 35.5. The smallest absolute Gasteiger partial charge is 0.0451 e. The molecule has 0 aromatic heterocycles. The first-order chi connectivity index (χ1) is 8.74. The van der Waals surface area contributed by atoms with Gasteiger partial charge >= 0.3 is 0 Å². The molecule has 96 valence electrons. The van der Waals surface area contributed by atoms with Crippen molar-refractivity contribution in [2.75, 3.05) is 19.3 Å². The molecule has 0 unspecified atom stereocenters. The molecule has 18 heavy (non-hydrogen) atoms. The van der Waals surface area contributed by atoms with Gasteiger partial charge in [0.05, 0.1) is 0 Å². The standard InChI is InChI=1S/C15H18ClNS/c1-3-12-10-17(9-8-15(12)18-2)11-13-6-4-5-7-14(13)16/h3-7H,1,8-11H2,2H3. The summed E-state index contributed by atoms with van der Waals surface area (Å²) in [5.41, 5.74) is 2.57. The topological polar surface area (TPSA) is 3.24 Å². The molecule has 0 saturated carbocycles. The van der Waals surface area contributed by atoms with Crippen LogP contribution in [0.5, 0.6) is 0 Å². The minimum absolute atomic E-state index is 0.859. The molecular formula is C15H18ClNS. The number of benzene rings is 1. The predicted molar refractivity (Wildman–Crippen MR) is 82.1 cm³/mol. The third-order valence-electron chi connectivity index (χ3n) is 3.25. The molecule has 3 heteroatoms. The number of rotatable bonds is 4. The van der Waals surface area contributed by atoms with Crippen molar-refractivity contribution in [3.05, 3.63) is 58.0 Å². The Labute approximate surface area is 119 Å². The van der Waals surface area contributed by atoms with Crippen molar-refractivity contribution < 1.29 is 0 Å². The molecule has 0 aliphatic carbocycles. The Morgan fingerprint density at radius 2 is 2.22 bits per heavy atom. The molecule has 0 bridgehead atoms. The number of halogens is 1. The van der Waals surface area contributed by atoms with Gasteiger partial charge in [-0.05, 0) is 34.8 Å². The van der Waals surface area contributed by atoms with Crippen LogP contribution in [-0.4, -0.2) is 24.2 Å². The van der Waals surface area contributed by atoms with Crippen LogP contribution in [0.25, 0.3) is 0 Å². The largest absolute Gasteiger partial charge is 0.294 e. The van der Waals surface area contributed by atoms with E-state index in [0.29, 0.717) is 0 Å². The van der Waals surface area contributed by atoms with Crippen molar-refractivity contribution in [2.45, 2.75) is 13.0 Å². The van der Waals surface area contributed by atoms with Crippen LogP contribution in [0, 0.1) is 0 Å². The first-order valence-corrected chi connectivity index (χ1v) is 7.69. The zero-order chi connectivity index (χ0) is 13.0. The molecule has 1 aromatic carbocycles. The Morgan fingerprint density at radius 1 is 1.44 bits per heavy atom. The van der Waals surface area contributed by atoms with Crippen LogP contribution >= 0.6 is 23.4 Å². The molecule has 0 fully saturated rings. The van der Waals surface area contributed by atoms with Crippen molar-refractivity contribution in [3.63, 3.8) is 0 Å². The number of hydrogen-bond acceptors (Lipinski definition) is 2. The lowest BCUT2D eigenvalue weighted by molar-refractivity contribution is 0.283. The molecule has 0 N–H and O–H groups in total. The average molecular weight is 280 g/mol. The highest BCUT2D eigenvalue weighted by Gasteiger charge is 2.17. The Morgan fingerprint density at radius 3 is 2.89 bits per heavy atom. The summed E-state index contributed by atoms with van der Waals surface area (Å²) < 4.78 is 0. The molecule has 1 aliphatic heterocycles. The highest BCUT2D eigenvalue weighted by Crippen LogP contribution is 2.28. The van der Waals surface area contributed by atoms with E-state index in [-0.39, 0.29) is 0 Å². The summed E-state index contributed by atoms with van der Waals surface area (Å²) in [5, 5.41) is 0.859. The van der Waals surface area contributed by atoms with Gasteiger partial charge in [-0.3, -0.25) is 4.90 Å². The van der Waals surface area contributed by atoms with Crippen LogP contribution in [0.1, 0.15) is 12.0 Å². The van der Waals surface area contributed by atoms with Gasteiger partial charge in [-0.15, -0.1) is 11.8 Å². The third kappa shape index (κ3) is 3.19. The summed E-state index contributed by atoms with van der Waals surface area (Å²) >= 11 is 8.05. The number of hydrogen-bond donors (Lipinski definition) is 0. The summed E-state index contributed by atoms with van der Waals surface area (Å²) in [6, 6.07) is 8.08. The molecule has 0 amide bonds. The average Bonchev–Trinajstić information content (AvgIpc) is 2.41. The summed E-state index contributed by atoms with van der Waals surface area (Å²) in [6.45, 7) is 6.91. The Bertz CT molecular complexity index is 467. The maximum Gasteiger partial charge on any atom is 0.0451 e.